The molecule has 0 radical (unpaired) electrons. The van der Waals surface area contributed by atoms with Gasteiger partial charge in [-0.3, -0.25) is 10.1 Å². The van der Waals surface area contributed by atoms with Gasteiger partial charge in [0.25, 0.3) is 5.91 Å². The molecule has 1 N–H and O–H groups in total. The minimum atomic E-state index is -0.352. The third-order valence-corrected chi connectivity index (χ3v) is 4.88. The average molecular weight is 399 g/mol. The molecule has 0 bridgehead atoms. The van der Waals surface area contributed by atoms with Gasteiger partial charge in [0.05, 0.1) is 12.3 Å². The molecule has 0 fully saturated rings. The Hall–Kier alpha value is -2.83. The van der Waals surface area contributed by atoms with E-state index in [1.807, 2.05) is 36.6 Å². The van der Waals surface area contributed by atoms with Crippen molar-refractivity contribution in [3.63, 3.8) is 0 Å². The maximum atomic E-state index is 12.4. The number of thiazole rings is 1. The second-order valence-corrected chi connectivity index (χ2v) is 7.04. The van der Waals surface area contributed by atoms with Gasteiger partial charge in [-0.15, -0.1) is 11.3 Å². The molecule has 0 unspecified atom stereocenters. The van der Waals surface area contributed by atoms with Crippen LogP contribution in [0.5, 0.6) is 5.75 Å². The number of furan rings is 1. The van der Waals surface area contributed by atoms with Crippen molar-refractivity contribution in [3.05, 3.63) is 64.7 Å². The van der Waals surface area contributed by atoms with E-state index in [0.29, 0.717) is 22.3 Å². The summed E-state index contributed by atoms with van der Waals surface area (Å²) in [6, 6.07) is 14.6. The summed E-state index contributed by atoms with van der Waals surface area (Å²) in [4.78, 5) is 16.9. The molecule has 4 aromatic rings. The van der Waals surface area contributed by atoms with Gasteiger partial charge in [0.15, 0.2) is 10.9 Å². The second-order valence-electron chi connectivity index (χ2n) is 5.74. The molecule has 0 saturated heterocycles. The third kappa shape index (κ3) is 3.82. The molecule has 0 aliphatic carbocycles. The number of nitrogens with one attached hydrogen (secondary N) is 1. The van der Waals surface area contributed by atoms with Crippen LogP contribution < -0.4 is 10.1 Å². The van der Waals surface area contributed by atoms with Crippen molar-refractivity contribution in [1.29, 1.82) is 0 Å². The van der Waals surface area contributed by atoms with Gasteiger partial charge < -0.3 is 9.15 Å². The van der Waals surface area contributed by atoms with Crippen molar-refractivity contribution < 1.29 is 13.9 Å². The summed E-state index contributed by atoms with van der Waals surface area (Å²) in [6.07, 6.45) is 0. The minimum absolute atomic E-state index is 0.213. The zero-order chi connectivity index (χ0) is 18.8. The van der Waals surface area contributed by atoms with Gasteiger partial charge in [0.1, 0.15) is 11.3 Å². The molecule has 0 saturated carbocycles. The van der Waals surface area contributed by atoms with Crippen LogP contribution in [0.3, 0.4) is 0 Å². The molecule has 136 valence electrons. The number of amides is 1. The first-order chi connectivity index (χ1) is 13.1. The predicted octanol–water partition coefficient (Wildman–Crippen LogP) is 5.86. The summed E-state index contributed by atoms with van der Waals surface area (Å²) >= 11 is 7.32. The quantitative estimate of drug-likeness (QED) is 0.457. The lowest BCUT2D eigenvalue weighted by Crippen LogP contribution is -2.10. The zero-order valence-corrected chi connectivity index (χ0v) is 15.9. The number of nitrogens with zero attached hydrogens (tertiary/aromatic N) is 1. The topological polar surface area (TPSA) is 64.4 Å². The molecule has 0 spiro atoms. The minimum Gasteiger partial charge on any atom is -0.494 e. The molecule has 4 rings (SSSR count). The Bertz CT molecular complexity index is 1100. The van der Waals surface area contributed by atoms with Crippen molar-refractivity contribution >= 4 is 44.9 Å². The second kappa shape index (κ2) is 7.42. The Morgan fingerprint density at radius 2 is 2.04 bits per heavy atom. The smallest absolute Gasteiger partial charge is 0.293 e. The molecule has 2 heterocycles. The van der Waals surface area contributed by atoms with Crippen LogP contribution in [0, 0.1) is 0 Å². The van der Waals surface area contributed by atoms with E-state index in [2.05, 4.69) is 10.3 Å². The fourth-order valence-corrected chi connectivity index (χ4v) is 3.53. The normalized spacial score (nSPS) is 10.9. The van der Waals surface area contributed by atoms with Crippen LogP contribution in [0.15, 0.2) is 58.3 Å². The van der Waals surface area contributed by atoms with Gasteiger partial charge in [0, 0.05) is 21.4 Å². The number of benzene rings is 2. The highest BCUT2D eigenvalue weighted by Gasteiger charge is 2.15. The Kier molecular flexibility index (Phi) is 4.83. The lowest BCUT2D eigenvalue weighted by molar-refractivity contribution is 0.0998. The van der Waals surface area contributed by atoms with Gasteiger partial charge >= 0.3 is 0 Å². The van der Waals surface area contributed by atoms with Crippen LogP contribution in [0.4, 0.5) is 5.13 Å². The van der Waals surface area contributed by atoms with Crippen LogP contribution in [0.1, 0.15) is 17.5 Å². The predicted molar refractivity (Wildman–Crippen MR) is 108 cm³/mol. The molecular formula is C20H15ClN2O3S. The summed E-state index contributed by atoms with van der Waals surface area (Å²) in [7, 11) is 0. The molecule has 0 aliphatic rings. The number of carbonyl (C=O) groups is 1. The number of aromatic nitrogens is 1. The first-order valence-corrected chi connectivity index (χ1v) is 9.57. The SMILES string of the molecule is CCOc1ccc(-c2csc(NC(=O)c3cc4cc(Cl)ccc4o3)n2)cc1. The first kappa shape index (κ1) is 17.6. The molecule has 0 aliphatic heterocycles. The van der Waals surface area contributed by atoms with E-state index in [0.717, 1.165) is 22.4 Å². The van der Waals surface area contributed by atoms with Gasteiger partial charge in [0.2, 0.25) is 0 Å². The summed E-state index contributed by atoms with van der Waals surface area (Å²) in [5.74, 6) is 0.676. The number of carbonyl (C=O) groups excluding carboxylic acids is 1. The summed E-state index contributed by atoms with van der Waals surface area (Å²) < 4.78 is 11.0. The number of ether oxygens (including phenoxy) is 1. The zero-order valence-electron chi connectivity index (χ0n) is 14.4. The van der Waals surface area contributed by atoms with Gasteiger partial charge in [-0.1, -0.05) is 11.6 Å². The lowest BCUT2D eigenvalue weighted by atomic mass is 10.2. The average Bonchev–Trinajstić information content (AvgIpc) is 3.29. The van der Waals surface area contributed by atoms with Crippen molar-refractivity contribution in [3.8, 4) is 17.0 Å². The molecule has 27 heavy (non-hydrogen) atoms. The van der Waals surface area contributed by atoms with Crippen molar-refractivity contribution in [2.24, 2.45) is 0 Å². The first-order valence-electron chi connectivity index (χ1n) is 8.31. The number of rotatable bonds is 5. The Labute approximate surface area is 164 Å². The Balaban J connectivity index is 1.50. The molecule has 2 aromatic heterocycles. The highest BCUT2D eigenvalue weighted by Crippen LogP contribution is 2.28. The van der Waals surface area contributed by atoms with E-state index < -0.39 is 0 Å². The molecular weight excluding hydrogens is 384 g/mol. The van der Waals surface area contributed by atoms with E-state index in [9.17, 15) is 4.79 Å². The molecule has 0 atom stereocenters. The maximum Gasteiger partial charge on any atom is 0.293 e. The maximum absolute atomic E-state index is 12.4. The standard InChI is InChI=1S/C20H15ClN2O3S/c1-2-25-15-6-3-12(4-7-15)16-11-27-20(22-16)23-19(24)18-10-13-9-14(21)5-8-17(13)26-18/h3-11H,2H2,1H3,(H,22,23,24). The lowest BCUT2D eigenvalue weighted by Gasteiger charge is -2.03. The number of hydrogen-bond donors (Lipinski definition) is 1. The fourth-order valence-electron chi connectivity index (χ4n) is 2.64. The number of anilines is 1. The highest BCUT2D eigenvalue weighted by molar-refractivity contribution is 7.14. The Morgan fingerprint density at radius 3 is 2.81 bits per heavy atom. The van der Waals surface area contributed by atoms with E-state index in [1.165, 1.54) is 11.3 Å². The fraction of sp³-hybridized carbons (Fsp3) is 0.100. The van der Waals surface area contributed by atoms with Crippen LogP contribution >= 0.6 is 22.9 Å². The van der Waals surface area contributed by atoms with Crippen molar-refractivity contribution in [2.75, 3.05) is 11.9 Å². The van der Waals surface area contributed by atoms with E-state index >= 15 is 0 Å². The number of halogens is 1. The third-order valence-electron chi connectivity index (χ3n) is 3.89. The number of hydrogen-bond acceptors (Lipinski definition) is 5. The summed E-state index contributed by atoms with van der Waals surface area (Å²) in [5.41, 5.74) is 2.35. The van der Waals surface area contributed by atoms with Gasteiger partial charge in [-0.25, -0.2) is 4.98 Å². The van der Waals surface area contributed by atoms with Crippen LogP contribution in [-0.4, -0.2) is 17.5 Å². The Morgan fingerprint density at radius 1 is 1.22 bits per heavy atom. The van der Waals surface area contributed by atoms with E-state index in [4.69, 9.17) is 20.8 Å². The highest BCUT2D eigenvalue weighted by atomic mass is 35.5. The largest absolute Gasteiger partial charge is 0.494 e. The molecule has 1 amide bonds. The summed E-state index contributed by atoms with van der Waals surface area (Å²) in [6.45, 7) is 2.57. The van der Waals surface area contributed by atoms with Gasteiger partial charge in [-0.2, -0.15) is 0 Å². The van der Waals surface area contributed by atoms with Crippen molar-refractivity contribution in [1.82, 2.24) is 4.98 Å². The number of fused-ring (bicyclic) bond motifs is 1. The summed E-state index contributed by atoms with van der Waals surface area (Å²) in [5, 5.41) is 6.54. The molecule has 7 heteroatoms. The van der Waals surface area contributed by atoms with Crippen molar-refractivity contribution in [2.45, 2.75) is 6.92 Å². The molecule has 5 nitrogen and oxygen atoms in total. The van der Waals surface area contributed by atoms with Crippen LogP contribution in [0.25, 0.3) is 22.2 Å². The van der Waals surface area contributed by atoms with Gasteiger partial charge in [-0.05, 0) is 55.5 Å². The van der Waals surface area contributed by atoms with Crippen LogP contribution in [0.2, 0.25) is 5.02 Å². The molecule has 2 aromatic carbocycles. The van der Waals surface area contributed by atoms with E-state index in [-0.39, 0.29) is 11.7 Å². The monoisotopic (exact) mass is 398 g/mol. The van der Waals surface area contributed by atoms with Crippen LogP contribution in [-0.2, 0) is 0 Å². The van der Waals surface area contributed by atoms with E-state index in [1.54, 1.807) is 24.3 Å².